The molecule has 0 spiro atoms. The maximum Gasteiger partial charge on any atom is 0.253 e. The number of benzene rings is 2. The van der Waals surface area contributed by atoms with Crippen molar-refractivity contribution >= 4 is 10.9 Å². The van der Waals surface area contributed by atoms with E-state index in [9.17, 15) is 15.2 Å². The van der Waals surface area contributed by atoms with Crippen LogP contribution in [0.4, 0.5) is 0 Å². The normalized spacial score (nSPS) is 22.1. The van der Waals surface area contributed by atoms with E-state index in [4.69, 9.17) is 4.74 Å². The third-order valence-corrected chi connectivity index (χ3v) is 5.06. The van der Waals surface area contributed by atoms with Crippen LogP contribution in [0.2, 0.25) is 0 Å². The number of aromatic nitrogens is 1. The average Bonchev–Trinajstić information content (AvgIpc) is 3.12. The zero-order chi connectivity index (χ0) is 17.7. The van der Waals surface area contributed by atoms with Gasteiger partial charge in [-0.05, 0) is 47.9 Å². The summed E-state index contributed by atoms with van der Waals surface area (Å²) in [5.74, 6) is 0.0665. The van der Waals surface area contributed by atoms with Crippen molar-refractivity contribution in [3.05, 3.63) is 75.0 Å². The fourth-order valence-corrected chi connectivity index (χ4v) is 3.87. The van der Waals surface area contributed by atoms with E-state index >= 15 is 0 Å². The topological polar surface area (TPSA) is 88.4 Å². The molecule has 3 aromatic rings. The molecule has 128 valence electrons. The van der Waals surface area contributed by atoms with Gasteiger partial charge in [-0.1, -0.05) is 17.7 Å². The van der Waals surface area contributed by atoms with Gasteiger partial charge >= 0.3 is 0 Å². The molecule has 0 bridgehead atoms. The molecule has 3 atom stereocenters. The van der Waals surface area contributed by atoms with Crippen molar-refractivity contribution in [3.8, 4) is 5.75 Å². The highest BCUT2D eigenvalue weighted by Crippen LogP contribution is 2.48. The average molecular weight is 338 g/mol. The summed E-state index contributed by atoms with van der Waals surface area (Å²) in [5, 5.41) is 23.3. The van der Waals surface area contributed by atoms with E-state index in [1.54, 1.807) is 12.1 Å². The van der Waals surface area contributed by atoms with E-state index in [-0.39, 0.29) is 4.92 Å². The Morgan fingerprint density at radius 2 is 1.96 bits per heavy atom. The highest BCUT2D eigenvalue weighted by molar-refractivity contribution is 5.85. The molecule has 1 heterocycles. The third-order valence-electron chi connectivity index (χ3n) is 5.06. The zero-order valence-corrected chi connectivity index (χ0v) is 13.9. The minimum atomic E-state index is -1.17. The molecular weight excluding hydrogens is 320 g/mol. The summed E-state index contributed by atoms with van der Waals surface area (Å²) < 4.78 is 5.21. The lowest BCUT2D eigenvalue weighted by atomic mass is 9.89. The van der Waals surface area contributed by atoms with Crippen molar-refractivity contribution in [1.29, 1.82) is 0 Å². The van der Waals surface area contributed by atoms with Gasteiger partial charge < -0.3 is 14.8 Å². The van der Waals surface area contributed by atoms with Crippen molar-refractivity contribution in [3.63, 3.8) is 0 Å². The number of H-pyrrole nitrogens is 1. The van der Waals surface area contributed by atoms with E-state index in [2.05, 4.69) is 4.98 Å². The molecule has 1 aliphatic carbocycles. The Morgan fingerprint density at radius 1 is 1.16 bits per heavy atom. The molecular formula is C19H18N2O4. The summed E-state index contributed by atoms with van der Waals surface area (Å²) in [6, 6.07) is 10.1. The van der Waals surface area contributed by atoms with Crippen molar-refractivity contribution < 1.29 is 14.8 Å². The van der Waals surface area contributed by atoms with Crippen LogP contribution in [0, 0.1) is 17.0 Å². The number of nitrogens with zero attached hydrogens (tertiary/aromatic N) is 1. The van der Waals surface area contributed by atoms with Gasteiger partial charge in [0.05, 0.1) is 13.0 Å². The molecule has 1 aliphatic rings. The summed E-state index contributed by atoms with van der Waals surface area (Å²) in [5.41, 5.74) is 4.19. The minimum Gasteiger partial charge on any atom is -0.497 e. The van der Waals surface area contributed by atoms with E-state index < -0.39 is 18.1 Å². The quantitative estimate of drug-likeness (QED) is 0.566. The van der Waals surface area contributed by atoms with Crippen LogP contribution in [0.5, 0.6) is 5.75 Å². The molecule has 6 nitrogen and oxygen atoms in total. The Labute approximate surface area is 144 Å². The van der Waals surface area contributed by atoms with Crippen molar-refractivity contribution in [1.82, 2.24) is 4.98 Å². The van der Waals surface area contributed by atoms with Gasteiger partial charge in [-0.25, -0.2) is 0 Å². The van der Waals surface area contributed by atoms with Crippen molar-refractivity contribution in [2.45, 2.75) is 25.0 Å². The number of nitro groups is 1. The second-order valence-electron chi connectivity index (χ2n) is 6.49. The Kier molecular flexibility index (Phi) is 3.51. The molecule has 6 heteroatoms. The Balaban J connectivity index is 1.95. The fraction of sp³-hybridized carbons (Fsp3) is 0.263. The second-order valence-corrected chi connectivity index (χ2v) is 6.49. The minimum absolute atomic E-state index is 0.379. The fourth-order valence-electron chi connectivity index (χ4n) is 3.87. The monoisotopic (exact) mass is 338 g/mol. The highest BCUT2D eigenvalue weighted by atomic mass is 16.6. The number of nitrogens with one attached hydrogen (secondary N) is 1. The number of hydrogen-bond acceptors (Lipinski definition) is 4. The van der Waals surface area contributed by atoms with Crippen LogP contribution in [0.3, 0.4) is 0 Å². The van der Waals surface area contributed by atoms with Gasteiger partial charge in [-0.15, -0.1) is 0 Å². The van der Waals surface area contributed by atoms with Crippen LogP contribution >= 0.6 is 0 Å². The van der Waals surface area contributed by atoms with E-state index in [0.717, 1.165) is 27.6 Å². The zero-order valence-electron chi connectivity index (χ0n) is 13.9. The summed E-state index contributed by atoms with van der Waals surface area (Å²) in [7, 11) is 1.54. The molecule has 1 aromatic heterocycles. The van der Waals surface area contributed by atoms with Gasteiger partial charge in [-0.3, -0.25) is 10.1 Å². The molecule has 0 aliphatic heterocycles. The van der Waals surface area contributed by atoms with Crippen LogP contribution < -0.4 is 4.74 Å². The third kappa shape index (κ3) is 2.29. The Hall–Kier alpha value is -2.86. The molecule has 4 rings (SSSR count). The lowest BCUT2D eigenvalue weighted by Gasteiger charge is -2.15. The van der Waals surface area contributed by atoms with Gasteiger partial charge in [0.2, 0.25) is 0 Å². The first-order valence-electron chi connectivity index (χ1n) is 8.08. The number of aromatic amines is 1. The molecule has 0 saturated heterocycles. The van der Waals surface area contributed by atoms with E-state index in [1.165, 1.54) is 7.11 Å². The highest BCUT2D eigenvalue weighted by Gasteiger charge is 2.49. The van der Waals surface area contributed by atoms with Crippen LogP contribution in [0.25, 0.3) is 10.9 Å². The van der Waals surface area contributed by atoms with Gasteiger partial charge in [-0.2, -0.15) is 0 Å². The summed E-state index contributed by atoms with van der Waals surface area (Å²) in [6.07, 6.45) is 0.650. The maximum absolute atomic E-state index is 11.7. The number of hydrogen-bond donors (Lipinski definition) is 2. The smallest absolute Gasteiger partial charge is 0.253 e. The first kappa shape index (κ1) is 15.7. The van der Waals surface area contributed by atoms with Crippen LogP contribution in [0.1, 0.15) is 34.3 Å². The molecule has 0 saturated carbocycles. The lowest BCUT2D eigenvalue weighted by molar-refractivity contribution is -0.535. The van der Waals surface area contributed by atoms with Crippen LogP contribution in [0.15, 0.2) is 42.6 Å². The number of rotatable bonds is 3. The number of aryl methyl sites for hydroxylation is 1. The van der Waals surface area contributed by atoms with Gasteiger partial charge in [0.15, 0.2) is 0 Å². The first-order chi connectivity index (χ1) is 12.0. The van der Waals surface area contributed by atoms with Gasteiger partial charge in [0, 0.05) is 22.0 Å². The molecule has 0 unspecified atom stereocenters. The number of aliphatic hydroxyl groups excluding tert-OH is 1. The van der Waals surface area contributed by atoms with Crippen molar-refractivity contribution in [2.24, 2.45) is 0 Å². The number of fused-ring (bicyclic) bond motifs is 2. The largest absolute Gasteiger partial charge is 0.497 e. The molecule has 25 heavy (non-hydrogen) atoms. The molecule has 0 radical (unpaired) electrons. The van der Waals surface area contributed by atoms with Crippen LogP contribution in [-0.4, -0.2) is 28.2 Å². The number of ether oxygens (including phenoxy) is 1. The summed E-state index contributed by atoms with van der Waals surface area (Å²) in [4.78, 5) is 14.6. The first-order valence-corrected chi connectivity index (χ1v) is 8.08. The Morgan fingerprint density at radius 3 is 2.68 bits per heavy atom. The van der Waals surface area contributed by atoms with E-state index in [1.807, 2.05) is 37.4 Å². The predicted molar refractivity (Wildman–Crippen MR) is 93.6 cm³/mol. The lowest BCUT2D eigenvalue weighted by Crippen LogP contribution is -2.28. The van der Waals surface area contributed by atoms with Crippen molar-refractivity contribution in [2.75, 3.05) is 7.11 Å². The van der Waals surface area contributed by atoms with Gasteiger partial charge in [0.25, 0.3) is 6.04 Å². The number of methoxy groups -OCH3 is 1. The van der Waals surface area contributed by atoms with Crippen LogP contribution in [-0.2, 0) is 0 Å². The SMILES string of the molecule is COc1ccc2c(c1)[C@H](O)[C@H]([N+](=O)[O-])[C@H]2c1c[nH]c2ccc(C)cc12. The second kappa shape index (κ2) is 5.60. The summed E-state index contributed by atoms with van der Waals surface area (Å²) in [6.45, 7) is 1.99. The molecule has 0 amide bonds. The van der Waals surface area contributed by atoms with Gasteiger partial charge in [0.1, 0.15) is 11.9 Å². The predicted octanol–water partition coefficient (Wildman–Crippen LogP) is 3.31. The molecule has 2 N–H and O–H groups in total. The van der Waals surface area contributed by atoms with E-state index in [0.29, 0.717) is 11.3 Å². The molecule has 0 fully saturated rings. The molecule has 2 aromatic carbocycles. The Bertz CT molecular complexity index is 979. The standard InChI is InChI=1S/C19H18N2O4/c1-10-3-6-16-13(7-10)15(9-20-16)17-12-5-4-11(25-2)8-14(12)19(22)18(17)21(23)24/h3-9,17-20,22H,1-2H3/t17-,18-,19+/m1/s1. The number of aliphatic hydroxyl groups is 1. The maximum atomic E-state index is 11.7. The summed E-state index contributed by atoms with van der Waals surface area (Å²) >= 11 is 0.